The number of ether oxygens (including phenoxy) is 3. The predicted molar refractivity (Wildman–Crippen MR) is 242 cm³/mol. The van der Waals surface area contributed by atoms with Gasteiger partial charge in [-0.15, -0.1) is 0 Å². The van der Waals surface area contributed by atoms with Crippen LogP contribution >= 0.6 is 0 Å². The Morgan fingerprint density at radius 3 is 2.10 bits per heavy atom. The fourth-order valence-corrected chi connectivity index (χ4v) is 9.18. The van der Waals surface area contributed by atoms with Gasteiger partial charge in [0, 0.05) is 42.0 Å². The molecule has 3 aromatic carbocycles. The summed E-state index contributed by atoms with van der Waals surface area (Å²) in [5.41, 5.74) is 1.44. The highest BCUT2D eigenvalue weighted by molar-refractivity contribution is 6.25. The number of rotatable bonds is 10. The lowest BCUT2D eigenvalue weighted by atomic mass is 9.55. The highest BCUT2D eigenvalue weighted by Gasteiger charge is 2.68. The lowest BCUT2D eigenvalue weighted by Crippen LogP contribution is -2.70. The fourth-order valence-electron chi connectivity index (χ4n) is 9.18. The number of fused-ring (bicyclic) bond motifs is 4. The summed E-state index contributed by atoms with van der Waals surface area (Å²) in [5.74, 6) is -7.65. The van der Waals surface area contributed by atoms with Crippen molar-refractivity contribution in [2.75, 3.05) is 55.1 Å². The van der Waals surface area contributed by atoms with Crippen LogP contribution in [0.25, 0.3) is 22.3 Å². The first-order valence-corrected chi connectivity index (χ1v) is 21.1. The number of carbonyl (C=O) groups is 4. The van der Waals surface area contributed by atoms with Gasteiger partial charge in [-0.1, -0.05) is 18.7 Å². The lowest BCUT2D eigenvalue weighted by molar-refractivity contribution is -0.166. The van der Waals surface area contributed by atoms with Crippen LogP contribution in [0.15, 0.2) is 87.3 Å². The SMILES string of the molecule is C=C1c2cccc(O)c2C(O)=C2C(=O)[C@]3(O)C(O)=C(C(N)=O)C(=O)[C@@H](N(C)C)[C@@H]3[C@@H](O)[C@H]12.COc1cc(OC)c(C(=O)CCCN2CCCC2)c(OC)c1.O=c1ccc2cc(O)c(O)cc2o1. The van der Waals surface area contributed by atoms with Gasteiger partial charge in [-0.2, -0.15) is 0 Å². The van der Waals surface area contributed by atoms with E-state index in [1.54, 1.807) is 33.5 Å². The van der Waals surface area contributed by atoms with Gasteiger partial charge in [0.15, 0.2) is 28.7 Å². The molecule has 1 aliphatic heterocycles. The van der Waals surface area contributed by atoms with Crippen molar-refractivity contribution in [1.29, 1.82) is 0 Å². The number of ketones is 3. The molecule has 2 fully saturated rings. The van der Waals surface area contributed by atoms with E-state index >= 15 is 0 Å². The summed E-state index contributed by atoms with van der Waals surface area (Å²) in [5, 5.41) is 73.5. The summed E-state index contributed by atoms with van der Waals surface area (Å²) in [6, 6.07) is 11.6. The van der Waals surface area contributed by atoms with Crippen molar-refractivity contribution in [3.63, 3.8) is 0 Å². The molecule has 0 spiro atoms. The molecule has 1 saturated heterocycles. The number of benzene rings is 3. The Kier molecular flexibility index (Phi) is 14.5. The summed E-state index contributed by atoms with van der Waals surface area (Å²) in [6.07, 6.45) is 2.21. The molecule has 67 heavy (non-hydrogen) atoms. The third-order valence-electron chi connectivity index (χ3n) is 12.4. The first-order chi connectivity index (χ1) is 31.7. The second-order valence-corrected chi connectivity index (χ2v) is 16.6. The number of nitrogens with zero attached hydrogens (tertiary/aromatic N) is 2. The van der Waals surface area contributed by atoms with Crippen LogP contribution in [0.2, 0.25) is 0 Å². The molecule has 4 aromatic rings. The Morgan fingerprint density at radius 1 is 0.896 bits per heavy atom. The number of likely N-dealkylation sites (N-methyl/N-ethyl adjacent to an activating group) is 1. The first kappa shape index (κ1) is 49.2. The third kappa shape index (κ3) is 9.05. The van der Waals surface area contributed by atoms with E-state index in [4.69, 9.17) is 34.6 Å². The Bertz CT molecular complexity index is 2740. The molecule has 8 rings (SSSR count). The number of hydrogen-bond acceptors (Lipinski definition) is 18. The second kappa shape index (κ2) is 19.7. The molecule has 19 heteroatoms. The average molecular weight is 928 g/mol. The van der Waals surface area contributed by atoms with Gasteiger partial charge in [-0.3, -0.25) is 24.1 Å². The van der Waals surface area contributed by atoms with E-state index in [0.717, 1.165) is 26.1 Å². The van der Waals surface area contributed by atoms with Crippen molar-refractivity contribution < 1.29 is 73.6 Å². The number of nitrogens with two attached hydrogens (primary N) is 1. The molecule has 0 unspecified atom stereocenters. The Balaban J connectivity index is 0.000000182. The highest BCUT2D eigenvalue weighted by Crippen LogP contribution is 2.55. The molecule has 356 valence electrons. The number of phenolic OH excluding ortho intramolecular Hbond substituents is 3. The van der Waals surface area contributed by atoms with Gasteiger partial charge >= 0.3 is 5.63 Å². The average Bonchev–Trinajstić information content (AvgIpc) is 3.81. The number of phenols is 3. The molecule has 9 N–H and O–H groups in total. The summed E-state index contributed by atoms with van der Waals surface area (Å²) in [4.78, 5) is 65.6. The molecular weight excluding hydrogens is 875 g/mol. The van der Waals surface area contributed by atoms with Gasteiger partial charge in [0.1, 0.15) is 51.2 Å². The molecule has 0 bridgehead atoms. The highest BCUT2D eigenvalue weighted by atomic mass is 16.5. The van der Waals surface area contributed by atoms with E-state index in [9.17, 15) is 49.5 Å². The maximum absolute atomic E-state index is 13.6. The maximum Gasteiger partial charge on any atom is 0.336 e. The molecule has 0 radical (unpaired) electrons. The Hall–Kier alpha value is -7.19. The number of amides is 1. The van der Waals surface area contributed by atoms with Crippen LogP contribution in [0.4, 0.5) is 0 Å². The molecule has 19 nitrogen and oxygen atoms in total. The van der Waals surface area contributed by atoms with Crippen LogP contribution < -0.4 is 25.6 Å². The van der Waals surface area contributed by atoms with E-state index < -0.39 is 75.3 Å². The van der Waals surface area contributed by atoms with Crippen molar-refractivity contribution >= 4 is 45.6 Å². The Morgan fingerprint density at radius 2 is 1.52 bits per heavy atom. The fraction of sp³-hybridized carbons (Fsp3) is 0.354. The quantitative estimate of drug-likeness (QED) is 0.0489. The van der Waals surface area contributed by atoms with Crippen molar-refractivity contribution in [1.82, 2.24) is 9.80 Å². The van der Waals surface area contributed by atoms with Crippen LogP contribution in [-0.4, -0.2) is 142 Å². The number of aliphatic hydroxyl groups is 4. The minimum atomic E-state index is -2.94. The molecule has 3 aliphatic carbocycles. The zero-order chi connectivity index (χ0) is 49.2. The van der Waals surface area contributed by atoms with Crippen LogP contribution in [0.5, 0.6) is 34.5 Å². The number of methoxy groups -OCH3 is 3. The number of carbonyl (C=O) groups excluding carboxylic acids is 4. The van der Waals surface area contributed by atoms with Crippen LogP contribution in [0.3, 0.4) is 0 Å². The van der Waals surface area contributed by atoms with Crippen molar-refractivity contribution in [2.45, 2.75) is 43.4 Å². The van der Waals surface area contributed by atoms with Crippen molar-refractivity contribution in [2.24, 2.45) is 17.6 Å². The summed E-state index contributed by atoms with van der Waals surface area (Å²) in [6.45, 7) is 7.21. The van der Waals surface area contributed by atoms with E-state index in [-0.39, 0.29) is 45.3 Å². The number of primary amides is 1. The molecule has 1 aromatic heterocycles. The van der Waals surface area contributed by atoms with Gasteiger partial charge in [0.2, 0.25) is 5.78 Å². The normalized spacial score (nSPS) is 22.2. The topological polar surface area (TPSA) is 300 Å². The van der Waals surface area contributed by atoms with Crippen molar-refractivity contribution in [3.8, 4) is 34.5 Å². The molecule has 5 atom stereocenters. The minimum absolute atomic E-state index is 0.0514. The number of likely N-dealkylation sites (tertiary alicyclic amines) is 1. The standard InChI is InChI=1S/C22H22N2O8.C17H25NO4.C9H6O4/c1-7-8-5-4-6-9(25)11(8)16(26)12-10(7)17(27)14-15(24(2)3)18(28)13(21(23)31)20(30)22(14,32)19(12)29;1-20-13-11-15(21-2)17(16(12-13)22-3)14(19)7-6-10-18-8-4-5-9-18;10-6-3-5-1-2-9(12)13-8(5)4-7(6)11/h4-6,10,14-15,17,25-27,30,32H,1H2,2-3H3,(H2,23,31);11-12H,4-10H2,1-3H3;1-4,10-11H/t10-,14-,15+,17+,22+;;/m1../s1. The minimum Gasteiger partial charge on any atom is -0.508 e. The molecule has 1 amide bonds. The van der Waals surface area contributed by atoms with Gasteiger partial charge in [0.25, 0.3) is 5.91 Å². The van der Waals surface area contributed by atoms with Gasteiger partial charge in [-0.05, 0) is 82.3 Å². The lowest BCUT2D eigenvalue weighted by Gasteiger charge is -2.52. The molecular formula is C48H53N3O16. The van der Waals surface area contributed by atoms with E-state index in [1.165, 1.54) is 74.3 Å². The number of aliphatic hydroxyl groups excluding tert-OH is 3. The summed E-state index contributed by atoms with van der Waals surface area (Å²) in [7, 11) is 7.55. The van der Waals surface area contributed by atoms with E-state index in [0.29, 0.717) is 34.6 Å². The zero-order valence-corrected chi connectivity index (χ0v) is 37.4. The molecule has 4 aliphatic rings. The van der Waals surface area contributed by atoms with Gasteiger partial charge in [-0.25, -0.2) is 4.79 Å². The largest absolute Gasteiger partial charge is 0.508 e. The van der Waals surface area contributed by atoms with E-state index in [1.807, 2.05) is 0 Å². The summed E-state index contributed by atoms with van der Waals surface area (Å²) < 4.78 is 20.7. The smallest absolute Gasteiger partial charge is 0.336 e. The van der Waals surface area contributed by atoms with E-state index in [2.05, 4.69) is 11.5 Å². The monoisotopic (exact) mass is 927 g/mol. The number of aromatic hydroxyl groups is 3. The van der Waals surface area contributed by atoms with Gasteiger partial charge < -0.3 is 65.0 Å². The van der Waals surface area contributed by atoms with Crippen LogP contribution in [0, 0.1) is 11.8 Å². The molecule has 2 heterocycles. The number of hydrogen-bond donors (Lipinski definition) is 8. The van der Waals surface area contributed by atoms with Gasteiger partial charge in [0.05, 0.1) is 50.5 Å². The maximum atomic E-state index is 13.6. The summed E-state index contributed by atoms with van der Waals surface area (Å²) >= 11 is 0. The predicted octanol–water partition coefficient (Wildman–Crippen LogP) is 3.38. The first-order valence-electron chi connectivity index (χ1n) is 21.1. The number of Topliss-reactive ketones (excluding diaryl/α,β-unsaturated/α-hetero) is 3. The zero-order valence-electron chi connectivity index (χ0n) is 37.4. The third-order valence-corrected chi connectivity index (χ3v) is 12.4. The second-order valence-electron chi connectivity index (χ2n) is 16.6. The van der Waals surface area contributed by atoms with Crippen molar-refractivity contribution in [3.05, 3.63) is 105 Å². The van der Waals surface area contributed by atoms with Crippen LogP contribution in [0.1, 0.15) is 47.2 Å². The molecule has 1 saturated carbocycles. The van der Waals surface area contributed by atoms with Crippen LogP contribution in [-0.2, 0) is 14.4 Å². The Labute approximate surface area is 383 Å².